The maximum Gasteiger partial charge on any atom is 0.308 e. The second-order valence-electron chi connectivity index (χ2n) is 3.20. The summed E-state index contributed by atoms with van der Waals surface area (Å²) in [5, 5.41) is 1.31. The highest BCUT2D eigenvalue weighted by Crippen LogP contribution is 2.38. The van der Waals surface area contributed by atoms with Crippen molar-refractivity contribution in [2.24, 2.45) is 0 Å². The number of carbonyl (C=O) groups is 1. The Kier molecular flexibility index (Phi) is 5.79. The molecule has 0 spiro atoms. The predicted molar refractivity (Wildman–Crippen MR) is 72.8 cm³/mol. The molecule has 2 nitrogen and oxygen atoms in total. The second kappa shape index (κ2) is 6.62. The molecule has 1 rings (SSSR count). The van der Waals surface area contributed by atoms with Crippen LogP contribution in [0.4, 0.5) is 0 Å². The molecule has 88 valence electrons. The largest absolute Gasteiger partial charge is 0.425 e. The number of halogens is 3. The molecule has 1 atom stereocenters. The minimum atomic E-state index is -0.368. The summed E-state index contributed by atoms with van der Waals surface area (Å²) in [6.07, 6.45) is 0.884. The maximum absolute atomic E-state index is 11.0. The molecule has 0 fully saturated rings. The van der Waals surface area contributed by atoms with E-state index in [1.807, 2.05) is 12.1 Å². The molecule has 0 heterocycles. The Balaban J connectivity index is 3.06. The summed E-state index contributed by atoms with van der Waals surface area (Å²) < 4.78 is 5.13. The molecule has 1 aromatic rings. The van der Waals surface area contributed by atoms with Crippen molar-refractivity contribution in [3.8, 4) is 5.75 Å². The number of ether oxygens (including phenoxy) is 1. The van der Waals surface area contributed by atoms with Crippen LogP contribution in [0.1, 0.15) is 23.7 Å². The van der Waals surface area contributed by atoms with Crippen LogP contribution < -0.4 is 4.74 Å². The van der Waals surface area contributed by atoms with E-state index in [-0.39, 0.29) is 10.8 Å². The number of hydrogen-bond donors (Lipinski definition) is 0. The summed E-state index contributed by atoms with van der Waals surface area (Å²) in [5.41, 5.74) is 0.891. The molecule has 0 amide bonds. The van der Waals surface area contributed by atoms with E-state index in [1.54, 1.807) is 6.07 Å². The van der Waals surface area contributed by atoms with E-state index in [0.717, 1.165) is 17.3 Å². The number of benzene rings is 1. The van der Waals surface area contributed by atoms with Gasteiger partial charge in [0.05, 0.1) is 5.02 Å². The molecule has 0 N–H and O–H groups in total. The molecule has 0 aromatic heterocycles. The van der Waals surface area contributed by atoms with Gasteiger partial charge in [-0.3, -0.25) is 4.79 Å². The molecule has 0 saturated carbocycles. The number of esters is 1. The molecule has 1 aromatic carbocycles. The first-order valence-electron chi connectivity index (χ1n) is 4.73. The lowest BCUT2D eigenvalue weighted by Gasteiger charge is -2.14. The van der Waals surface area contributed by atoms with Crippen LogP contribution in [-0.4, -0.2) is 11.3 Å². The summed E-state index contributed by atoms with van der Waals surface area (Å²) in [6, 6.07) is 5.44. The lowest BCUT2D eigenvalue weighted by Crippen LogP contribution is -2.05. The molecular formula is C11H11Br2ClO2. The van der Waals surface area contributed by atoms with Crippen LogP contribution >= 0.6 is 43.5 Å². The van der Waals surface area contributed by atoms with E-state index in [0.29, 0.717) is 10.8 Å². The molecular weight excluding hydrogens is 359 g/mol. The van der Waals surface area contributed by atoms with Crippen LogP contribution in [-0.2, 0) is 4.79 Å². The Hall–Kier alpha value is -0.0600. The van der Waals surface area contributed by atoms with Gasteiger partial charge in [0.2, 0.25) is 0 Å². The third-order valence-corrected chi connectivity index (χ3v) is 3.65. The minimum absolute atomic E-state index is 0.111. The lowest BCUT2D eigenvalue weighted by atomic mass is 10.1. The average molecular weight is 370 g/mol. The quantitative estimate of drug-likeness (QED) is 0.444. The number of hydrogen-bond acceptors (Lipinski definition) is 2. The Labute approximate surface area is 117 Å². The van der Waals surface area contributed by atoms with Crippen molar-refractivity contribution in [3.05, 3.63) is 28.8 Å². The molecule has 1 unspecified atom stereocenters. The van der Waals surface area contributed by atoms with E-state index in [4.69, 9.17) is 16.3 Å². The van der Waals surface area contributed by atoms with Crippen LogP contribution in [0.3, 0.4) is 0 Å². The summed E-state index contributed by atoms with van der Waals surface area (Å²) in [7, 11) is 0. The van der Waals surface area contributed by atoms with Gasteiger partial charge in [0, 0.05) is 22.6 Å². The van der Waals surface area contributed by atoms with Gasteiger partial charge >= 0.3 is 5.97 Å². The zero-order valence-corrected chi connectivity index (χ0v) is 12.6. The SMILES string of the molecule is CC(=O)Oc1c(Cl)cccc1C(Br)CCBr. The fourth-order valence-corrected chi connectivity index (χ4v) is 3.16. The number of alkyl halides is 2. The summed E-state index contributed by atoms with van der Waals surface area (Å²) >= 11 is 12.9. The van der Waals surface area contributed by atoms with Crippen LogP contribution in [0.2, 0.25) is 5.02 Å². The zero-order valence-electron chi connectivity index (χ0n) is 8.67. The molecule has 5 heteroatoms. The third kappa shape index (κ3) is 3.75. The summed E-state index contributed by atoms with van der Waals surface area (Å²) in [4.78, 5) is 11.1. The highest BCUT2D eigenvalue weighted by molar-refractivity contribution is 9.09. The standard InChI is InChI=1S/C11H11Br2ClO2/c1-7(15)16-11-8(9(13)5-6-12)3-2-4-10(11)14/h2-4,9H,5-6H2,1H3. The monoisotopic (exact) mass is 368 g/mol. The van der Waals surface area contributed by atoms with E-state index in [2.05, 4.69) is 31.9 Å². The summed E-state index contributed by atoms with van der Waals surface area (Å²) in [5.74, 6) is 0.0763. The van der Waals surface area contributed by atoms with Crippen LogP contribution in [0.15, 0.2) is 18.2 Å². The Morgan fingerprint density at radius 1 is 1.56 bits per heavy atom. The lowest BCUT2D eigenvalue weighted by molar-refractivity contribution is -0.131. The van der Waals surface area contributed by atoms with E-state index in [1.165, 1.54) is 6.92 Å². The van der Waals surface area contributed by atoms with E-state index in [9.17, 15) is 4.79 Å². The van der Waals surface area contributed by atoms with Crippen molar-refractivity contribution < 1.29 is 9.53 Å². The van der Waals surface area contributed by atoms with E-state index >= 15 is 0 Å². The molecule has 0 bridgehead atoms. The molecule has 16 heavy (non-hydrogen) atoms. The van der Waals surface area contributed by atoms with Gasteiger partial charge in [-0.05, 0) is 12.5 Å². The number of rotatable bonds is 4. The fourth-order valence-electron chi connectivity index (χ4n) is 1.27. The number of carbonyl (C=O) groups excluding carboxylic acids is 1. The van der Waals surface area contributed by atoms with Gasteiger partial charge in [-0.25, -0.2) is 0 Å². The third-order valence-electron chi connectivity index (χ3n) is 1.94. The maximum atomic E-state index is 11.0. The molecule has 0 aliphatic carbocycles. The fraction of sp³-hybridized carbons (Fsp3) is 0.364. The predicted octanol–water partition coefficient (Wildman–Crippen LogP) is 4.49. The molecule has 0 saturated heterocycles. The highest BCUT2D eigenvalue weighted by Gasteiger charge is 2.16. The van der Waals surface area contributed by atoms with Gasteiger partial charge < -0.3 is 4.74 Å². The first-order chi connectivity index (χ1) is 7.56. The first-order valence-corrected chi connectivity index (χ1v) is 7.14. The molecule has 0 aliphatic rings. The summed E-state index contributed by atoms with van der Waals surface area (Å²) in [6.45, 7) is 1.36. The van der Waals surface area contributed by atoms with Crippen molar-refractivity contribution in [2.75, 3.05) is 5.33 Å². The van der Waals surface area contributed by atoms with Crippen molar-refractivity contribution in [2.45, 2.75) is 18.2 Å². The smallest absolute Gasteiger partial charge is 0.308 e. The van der Waals surface area contributed by atoms with Gasteiger partial charge in [-0.15, -0.1) is 0 Å². The van der Waals surface area contributed by atoms with Gasteiger partial charge in [0.1, 0.15) is 0 Å². The Morgan fingerprint density at radius 3 is 2.81 bits per heavy atom. The first kappa shape index (κ1) is 14.0. The van der Waals surface area contributed by atoms with Crippen LogP contribution in [0, 0.1) is 0 Å². The van der Waals surface area contributed by atoms with Crippen molar-refractivity contribution in [1.29, 1.82) is 0 Å². The van der Waals surface area contributed by atoms with Gasteiger partial charge in [0.15, 0.2) is 5.75 Å². The highest BCUT2D eigenvalue weighted by atomic mass is 79.9. The Bertz CT molecular complexity index is 382. The van der Waals surface area contributed by atoms with Crippen LogP contribution in [0.25, 0.3) is 0 Å². The molecule has 0 radical (unpaired) electrons. The van der Waals surface area contributed by atoms with Crippen molar-refractivity contribution in [3.63, 3.8) is 0 Å². The van der Waals surface area contributed by atoms with Gasteiger partial charge in [0.25, 0.3) is 0 Å². The van der Waals surface area contributed by atoms with E-state index < -0.39 is 0 Å². The topological polar surface area (TPSA) is 26.3 Å². The van der Waals surface area contributed by atoms with Crippen molar-refractivity contribution in [1.82, 2.24) is 0 Å². The molecule has 0 aliphatic heterocycles. The van der Waals surface area contributed by atoms with Gasteiger partial charge in [-0.1, -0.05) is 55.6 Å². The average Bonchev–Trinajstić information content (AvgIpc) is 2.20. The minimum Gasteiger partial charge on any atom is -0.425 e. The number of para-hydroxylation sites is 1. The van der Waals surface area contributed by atoms with Gasteiger partial charge in [-0.2, -0.15) is 0 Å². The second-order valence-corrected chi connectivity index (χ2v) is 5.50. The Morgan fingerprint density at radius 2 is 2.25 bits per heavy atom. The van der Waals surface area contributed by atoms with Crippen LogP contribution in [0.5, 0.6) is 5.75 Å². The van der Waals surface area contributed by atoms with Crippen molar-refractivity contribution >= 4 is 49.4 Å². The zero-order chi connectivity index (χ0) is 12.1. The normalized spacial score (nSPS) is 12.2.